The van der Waals surface area contributed by atoms with E-state index < -0.39 is 40.0 Å². The van der Waals surface area contributed by atoms with Crippen molar-refractivity contribution in [3.8, 4) is 0 Å². The SMILES string of the molecule is Cc1nc(CN2CCN([C@H](C(=O)N[C@@H](Cc3ccccc3)[C@H](O)CN(CC(C)C)S(=O)(=O)c3ccc(C(N)=O)cc3)C(C)C)C2=O)cs1. The van der Waals surface area contributed by atoms with E-state index in [2.05, 4.69) is 10.3 Å². The van der Waals surface area contributed by atoms with E-state index in [0.717, 1.165) is 16.3 Å². The summed E-state index contributed by atoms with van der Waals surface area (Å²) in [5.41, 5.74) is 7.15. The number of nitrogens with one attached hydrogen (secondary N) is 1. The van der Waals surface area contributed by atoms with Gasteiger partial charge in [-0.3, -0.25) is 9.59 Å². The first kappa shape index (κ1) is 37.0. The predicted octanol–water partition coefficient (Wildman–Crippen LogP) is 3.25. The second-order valence-corrected chi connectivity index (χ2v) is 15.9. The highest BCUT2D eigenvalue weighted by Crippen LogP contribution is 2.23. The smallest absolute Gasteiger partial charge is 0.321 e. The van der Waals surface area contributed by atoms with Crippen LogP contribution in [0.5, 0.6) is 0 Å². The molecule has 1 fully saturated rings. The third kappa shape index (κ3) is 9.19. The molecule has 4 N–H and O–H groups in total. The number of urea groups is 1. The van der Waals surface area contributed by atoms with Gasteiger partial charge in [-0.05, 0) is 55.0 Å². The number of hydrogen-bond acceptors (Lipinski definition) is 8. The van der Waals surface area contributed by atoms with Crippen LogP contribution < -0.4 is 11.1 Å². The van der Waals surface area contributed by atoms with Crippen molar-refractivity contribution in [3.05, 3.63) is 81.8 Å². The molecule has 1 aliphatic heterocycles. The predicted molar refractivity (Wildman–Crippen MR) is 185 cm³/mol. The highest BCUT2D eigenvalue weighted by Gasteiger charge is 2.40. The molecule has 1 saturated heterocycles. The summed E-state index contributed by atoms with van der Waals surface area (Å²) in [6.45, 7) is 10.4. The summed E-state index contributed by atoms with van der Waals surface area (Å²) in [5.74, 6) is -1.43. The monoisotopic (exact) mass is 698 g/mol. The highest BCUT2D eigenvalue weighted by atomic mass is 32.2. The van der Waals surface area contributed by atoms with Crippen molar-refractivity contribution in [1.82, 2.24) is 24.4 Å². The Bertz CT molecular complexity index is 1660. The molecule has 14 heteroatoms. The molecule has 0 unspecified atom stereocenters. The number of sulfonamides is 1. The Balaban J connectivity index is 1.57. The minimum absolute atomic E-state index is 0.0474. The molecule has 3 atom stereocenters. The summed E-state index contributed by atoms with van der Waals surface area (Å²) < 4.78 is 28.8. The maximum atomic E-state index is 14.0. The van der Waals surface area contributed by atoms with Crippen molar-refractivity contribution >= 4 is 39.2 Å². The van der Waals surface area contributed by atoms with Crippen LogP contribution in [0.4, 0.5) is 4.79 Å². The van der Waals surface area contributed by atoms with Crippen LogP contribution in [0.15, 0.2) is 64.9 Å². The summed E-state index contributed by atoms with van der Waals surface area (Å²) in [5, 5.41) is 17.5. The quantitative estimate of drug-likeness (QED) is 0.207. The molecular weight excluding hydrogens is 653 g/mol. The number of primary amides is 1. The molecule has 0 saturated carbocycles. The summed E-state index contributed by atoms with van der Waals surface area (Å²) >= 11 is 1.52. The molecule has 2 aromatic carbocycles. The minimum atomic E-state index is -4.10. The van der Waals surface area contributed by atoms with Crippen LogP contribution in [-0.4, -0.2) is 94.8 Å². The van der Waals surface area contributed by atoms with Gasteiger partial charge in [0.2, 0.25) is 21.8 Å². The molecule has 4 rings (SSSR count). The van der Waals surface area contributed by atoms with Gasteiger partial charge in [-0.25, -0.2) is 18.2 Å². The van der Waals surface area contributed by atoms with Gasteiger partial charge in [0, 0.05) is 37.1 Å². The molecule has 260 valence electrons. The minimum Gasteiger partial charge on any atom is -0.390 e. The van der Waals surface area contributed by atoms with E-state index in [-0.39, 0.29) is 47.8 Å². The van der Waals surface area contributed by atoms with Gasteiger partial charge >= 0.3 is 6.03 Å². The number of rotatable bonds is 16. The fraction of sp³-hybridized carbons (Fsp3) is 0.471. The molecular formula is C34H46N6O6S2. The number of hydrogen-bond donors (Lipinski definition) is 3. The van der Waals surface area contributed by atoms with Crippen LogP contribution >= 0.6 is 11.3 Å². The van der Waals surface area contributed by atoms with E-state index in [4.69, 9.17) is 5.73 Å². The van der Waals surface area contributed by atoms with Gasteiger partial charge in [0.15, 0.2) is 0 Å². The van der Waals surface area contributed by atoms with Crippen molar-refractivity contribution in [2.45, 2.75) is 70.7 Å². The lowest BCUT2D eigenvalue weighted by Gasteiger charge is -2.34. The summed E-state index contributed by atoms with van der Waals surface area (Å²) in [4.78, 5) is 46.8. The standard InChI is InChI=1S/C34H46N6O6S2/c1-22(2)18-39(48(45,46)28-13-11-26(12-14-28)32(35)42)20-30(41)29(17-25-9-7-6-8-10-25)37-33(43)31(23(3)4)40-16-15-38(34(40)44)19-27-21-47-24(5)36-27/h6-14,21-23,29-31,41H,15-20H2,1-5H3,(H2,35,42)(H,37,43)/t29-,30+,31-/m0/s1. The summed E-state index contributed by atoms with van der Waals surface area (Å²) in [6.07, 6.45) is -1.08. The average Bonchev–Trinajstić information content (AvgIpc) is 3.61. The van der Waals surface area contributed by atoms with Gasteiger partial charge < -0.3 is 26.0 Å². The van der Waals surface area contributed by atoms with Gasteiger partial charge in [0.05, 0.1) is 34.3 Å². The third-order valence-corrected chi connectivity index (χ3v) is 10.9. The molecule has 48 heavy (non-hydrogen) atoms. The zero-order valence-electron chi connectivity index (χ0n) is 28.1. The molecule has 0 spiro atoms. The van der Waals surface area contributed by atoms with Crippen LogP contribution in [0, 0.1) is 18.8 Å². The fourth-order valence-electron chi connectivity index (χ4n) is 5.86. The number of aliphatic hydroxyl groups excluding tert-OH is 1. The van der Waals surface area contributed by atoms with Gasteiger partial charge in [0.1, 0.15) is 6.04 Å². The van der Waals surface area contributed by atoms with Crippen molar-refractivity contribution in [2.75, 3.05) is 26.2 Å². The Hall–Kier alpha value is -3.85. The number of carbonyl (C=O) groups excluding carboxylic acids is 3. The lowest BCUT2D eigenvalue weighted by atomic mass is 9.97. The first-order chi connectivity index (χ1) is 22.7. The molecule has 0 bridgehead atoms. The fourth-order valence-corrected chi connectivity index (χ4v) is 8.09. The zero-order chi connectivity index (χ0) is 35.2. The molecule has 1 aliphatic rings. The van der Waals surface area contributed by atoms with Gasteiger partial charge in [0.25, 0.3) is 0 Å². The van der Waals surface area contributed by atoms with Crippen LogP contribution in [0.25, 0.3) is 0 Å². The first-order valence-electron chi connectivity index (χ1n) is 16.1. The van der Waals surface area contributed by atoms with E-state index in [1.807, 2.05) is 70.3 Å². The maximum absolute atomic E-state index is 14.0. The number of thiazole rings is 1. The highest BCUT2D eigenvalue weighted by molar-refractivity contribution is 7.89. The number of nitrogens with two attached hydrogens (primary N) is 1. The number of carbonyl (C=O) groups is 3. The number of nitrogens with zero attached hydrogens (tertiary/aromatic N) is 4. The van der Waals surface area contributed by atoms with Crippen molar-refractivity contribution in [3.63, 3.8) is 0 Å². The van der Waals surface area contributed by atoms with Crippen molar-refractivity contribution in [2.24, 2.45) is 17.6 Å². The average molecular weight is 699 g/mol. The first-order valence-corrected chi connectivity index (χ1v) is 18.4. The number of aryl methyl sites for hydroxylation is 1. The number of aliphatic hydroxyl groups is 1. The van der Waals surface area contributed by atoms with Crippen LogP contribution in [-0.2, 0) is 27.8 Å². The third-order valence-electron chi connectivity index (χ3n) is 8.21. The van der Waals surface area contributed by atoms with E-state index in [1.54, 1.807) is 9.80 Å². The van der Waals surface area contributed by atoms with Crippen molar-refractivity contribution in [1.29, 1.82) is 0 Å². The zero-order valence-corrected chi connectivity index (χ0v) is 29.7. The molecule has 0 radical (unpaired) electrons. The molecule has 1 aromatic heterocycles. The maximum Gasteiger partial charge on any atom is 0.321 e. The van der Waals surface area contributed by atoms with E-state index in [0.29, 0.717) is 19.6 Å². The number of benzene rings is 2. The topological polar surface area (TPSA) is 166 Å². The Morgan fingerprint density at radius 3 is 2.27 bits per heavy atom. The summed E-state index contributed by atoms with van der Waals surface area (Å²) in [7, 11) is -4.10. The van der Waals surface area contributed by atoms with E-state index in [9.17, 15) is 27.9 Å². The molecule has 0 aliphatic carbocycles. The largest absolute Gasteiger partial charge is 0.390 e. The number of aromatic nitrogens is 1. The van der Waals surface area contributed by atoms with E-state index >= 15 is 0 Å². The van der Waals surface area contributed by atoms with E-state index in [1.165, 1.54) is 39.9 Å². The molecule has 4 amide bonds. The number of amides is 4. The lowest BCUT2D eigenvalue weighted by molar-refractivity contribution is -0.128. The Morgan fingerprint density at radius 2 is 1.71 bits per heavy atom. The van der Waals surface area contributed by atoms with Gasteiger partial charge in [-0.1, -0.05) is 58.0 Å². The molecule has 2 heterocycles. The Kier molecular flexibility index (Phi) is 12.4. The second-order valence-electron chi connectivity index (χ2n) is 12.9. The van der Waals surface area contributed by atoms with Crippen LogP contribution in [0.2, 0.25) is 0 Å². The van der Waals surface area contributed by atoms with Gasteiger partial charge in [-0.2, -0.15) is 4.31 Å². The molecule has 12 nitrogen and oxygen atoms in total. The van der Waals surface area contributed by atoms with Crippen molar-refractivity contribution < 1.29 is 27.9 Å². The Morgan fingerprint density at radius 1 is 1.04 bits per heavy atom. The lowest BCUT2D eigenvalue weighted by Crippen LogP contribution is -2.57. The van der Waals surface area contributed by atoms with Crippen LogP contribution in [0.1, 0.15) is 54.3 Å². The normalized spacial score (nSPS) is 15.7. The van der Waals surface area contributed by atoms with Crippen LogP contribution in [0.3, 0.4) is 0 Å². The molecule has 3 aromatic rings. The second kappa shape index (κ2) is 16.0. The van der Waals surface area contributed by atoms with Gasteiger partial charge in [-0.15, -0.1) is 11.3 Å². The summed E-state index contributed by atoms with van der Waals surface area (Å²) in [6, 6.07) is 12.7. The Labute approximate surface area is 287 Å².